The summed E-state index contributed by atoms with van der Waals surface area (Å²) < 4.78 is 0. The number of carboxylic acid groups (broad SMARTS) is 1. The molecular formula is C5H11N3O2S. The number of aliphatic carboxylic acids is 1. The number of nitrogens with two attached hydrogens (primary N) is 1. The lowest BCUT2D eigenvalue weighted by Crippen LogP contribution is -2.53. The highest BCUT2D eigenvalue weighted by molar-refractivity contribution is 7.78. The van der Waals surface area contributed by atoms with Gasteiger partial charge in [-0.2, -0.15) is 0 Å². The van der Waals surface area contributed by atoms with Crippen LogP contribution in [-0.2, 0) is 4.79 Å². The van der Waals surface area contributed by atoms with Gasteiger partial charge in [0, 0.05) is 0 Å². The first kappa shape index (κ1) is 10.3. The zero-order valence-electron chi connectivity index (χ0n) is 6.07. The van der Waals surface area contributed by atoms with Crippen LogP contribution in [0.25, 0.3) is 0 Å². The maximum Gasteiger partial charge on any atom is 0.320 e. The number of hydrogen-bond acceptors (Lipinski definition) is 4. The van der Waals surface area contributed by atoms with E-state index in [1.165, 1.54) is 12.4 Å². The van der Waals surface area contributed by atoms with E-state index in [0.717, 1.165) is 0 Å². The molecule has 5 nitrogen and oxygen atoms in total. The Morgan fingerprint density at radius 1 is 1.82 bits per heavy atom. The second kappa shape index (κ2) is 5.00. The van der Waals surface area contributed by atoms with Crippen molar-refractivity contribution in [3.8, 4) is 0 Å². The number of rotatable bonds is 5. The molecule has 0 heterocycles. The van der Waals surface area contributed by atoms with Crippen LogP contribution in [0.15, 0.2) is 0 Å². The highest BCUT2D eigenvalue weighted by Crippen LogP contribution is 1.79. The van der Waals surface area contributed by atoms with Crippen molar-refractivity contribution in [1.82, 2.24) is 10.6 Å². The van der Waals surface area contributed by atoms with Crippen molar-refractivity contribution in [2.45, 2.75) is 19.3 Å². The van der Waals surface area contributed by atoms with E-state index >= 15 is 0 Å². The molecule has 0 aromatic carbocycles. The van der Waals surface area contributed by atoms with Crippen LogP contribution in [0.3, 0.4) is 0 Å². The smallest absolute Gasteiger partial charge is 0.320 e. The zero-order valence-corrected chi connectivity index (χ0v) is 6.89. The van der Waals surface area contributed by atoms with Crippen molar-refractivity contribution in [3.05, 3.63) is 0 Å². The summed E-state index contributed by atoms with van der Waals surface area (Å²) in [4.78, 5) is 10.3. The van der Waals surface area contributed by atoms with Crippen LogP contribution in [-0.4, -0.2) is 28.9 Å². The van der Waals surface area contributed by atoms with Gasteiger partial charge in [-0.1, -0.05) is 12.2 Å². The highest BCUT2D eigenvalue weighted by Gasteiger charge is 2.12. The van der Waals surface area contributed by atoms with Crippen LogP contribution in [0.4, 0.5) is 0 Å². The van der Waals surface area contributed by atoms with Gasteiger partial charge in [0.1, 0.15) is 12.3 Å². The monoisotopic (exact) mass is 177 g/mol. The summed E-state index contributed by atoms with van der Waals surface area (Å²) in [6, 6.07) is -0.688. The molecule has 0 saturated heterocycles. The summed E-state index contributed by atoms with van der Waals surface area (Å²) in [6.07, 6.45) is -0.612. The van der Waals surface area contributed by atoms with Gasteiger partial charge >= 0.3 is 5.97 Å². The maximum atomic E-state index is 10.3. The molecule has 0 aromatic heterocycles. The minimum atomic E-state index is -0.952. The Balaban J connectivity index is 3.64. The first-order chi connectivity index (χ1) is 5.07. The number of carbonyl (C=O) groups is 1. The molecule has 0 amide bonds. The fraction of sp³-hybridized carbons (Fsp3) is 0.600. The number of thiocarbonyl (C=S) groups is 1. The fourth-order valence-electron chi connectivity index (χ4n) is 0.462. The van der Waals surface area contributed by atoms with E-state index in [-0.39, 0.29) is 0 Å². The van der Waals surface area contributed by atoms with Gasteiger partial charge in [-0.05, 0) is 6.92 Å². The van der Waals surface area contributed by atoms with Crippen molar-refractivity contribution in [2.75, 3.05) is 0 Å². The molecule has 0 aliphatic heterocycles. The Kier molecular flexibility index (Phi) is 4.67. The standard InChI is InChI=1S/C5H11N3O2S/c1-3(4(9)10)8-5(6)7-2-11/h2-3,5,8H,6H2,1H3,(H,7,11)(H,9,10). The average molecular weight is 177 g/mol. The van der Waals surface area contributed by atoms with Crippen LogP contribution in [0.5, 0.6) is 0 Å². The normalized spacial score (nSPS) is 15.1. The quantitative estimate of drug-likeness (QED) is 0.313. The van der Waals surface area contributed by atoms with E-state index in [1.54, 1.807) is 0 Å². The summed E-state index contributed by atoms with van der Waals surface area (Å²) in [7, 11) is 0. The third-order valence-corrected chi connectivity index (χ3v) is 1.18. The fourth-order valence-corrected chi connectivity index (χ4v) is 0.609. The highest BCUT2D eigenvalue weighted by atomic mass is 32.1. The summed E-state index contributed by atoms with van der Waals surface area (Å²) in [6.45, 7) is 1.49. The third kappa shape index (κ3) is 4.65. The van der Waals surface area contributed by atoms with Gasteiger partial charge in [0.05, 0.1) is 5.49 Å². The maximum absolute atomic E-state index is 10.3. The van der Waals surface area contributed by atoms with Gasteiger partial charge in [0.15, 0.2) is 0 Å². The predicted octanol–water partition coefficient (Wildman–Crippen LogP) is -1.16. The molecular weight excluding hydrogens is 166 g/mol. The van der Waals surface area contributed by atoms with Gasteiger partial charge in [-0.3, -0.25) is 15.8 Å². The summed E-state index contributed by atoms with van der Waals surface area (Å²) in [5.74, 6) is -0.952. The lowest BCUT2D eigenvalue weighted by atomic mass is 10.3. The van der Waals surface area contributed by atoms with Crippen molar-refractivity contribution in [1.29, 1.82) is 0 Å². The van der Waals surface area contributed by atoms with Gasteiger partial charge < -0.3 is 10.4 Å². The topological polar surface area (TPSA) is 87.4 Å². The Labute approximate surface area is 70.0 Å². The lowest BCUT2D eigenvalue weighted by Gasteiger charge is -2.15. The van der Waals surface area contributed by atoms with Gasteiger partial charge in [0.25, 0.3) is 0 Å². The van der Waals surface area contributed by atoms with Crippen LogP contribution < -0.4 is 16.4 Å². The first-order valence-electron chi connectivity index (χ1n) is 3.02. The number of hydrogen-bond donors (Lipinski definition) is 4. The van der Waals surface area contributed by atoms with E-state index in [1.807, 2.05) is 0 Å². The zero-order chi connectivity index (χ0) is 8.85. The first-order valence-corrected chi connectivity index (χ1v) is 3.49. The number of carboxylic acids is 1. The minimum Gasteiger partial charge on any atom is -0.480 e. The molecule has 0 rings (SSSR count). The van der Waals surface area contributed by atoms with Gasteiger partial charge in [0.2, 0.25) is 0 Å². The Morgan fingerprint density at radius 3 is 2.73 bits per heavy atom. The molecule has 2 atom stereocenters. The molecule has 5 N–H and O–H groups in total. The van der Waals surface area contributed by atoms with Crippen molar-refractivity contribution >= 4 is 23.7 Å². The summed E-state index contributed by atoms with van der Waals surface area (Å²) in [5.41, 5.74) is 6.57. The molecule has 2 unspecified atom stereocenters. The average Bonchev–Trinajstić information content (AvgIpc) is 1.87. The number of nitrogens with one attached hydrogen (secondary N) is 2. The van der Waals surface area contributed by atoms with Crippen LogP contribution in [0.2, 0.25) is 0 Å². The largest absolute Gasteiger partial charge is 0.480 e. The molecule has 0 aliphatic rings. The molecule has 0 aliphatic carbocycles. The lowest BCUT2D eigenvalue weighted by molar-refractivity contribution is -0.139. The molecule has 11 heavy (non-hydrogen) atoms. The van der Waals surface area contributed by atoms with E-state index in [2.05, 4.69) is 22.9 Å². The van der Waals surface area contributed by atoms with Crippen molar-refractivity contribution in [3.63, 3.8) is 0 Å². The minimum absolute atomic E-state index is 0.612. The molecule has 0 fully saturated rings. The summed E-state index contributed by atoms with van der Waals surface area (Å²) >= 11 is 4.44. The molecule has 0 bridgehead atoms. The molecule has 0 spiro atoms. The molecule has 0 radical (unpaired) electrons. The van der Waals surface area contributed by atoms with Gasteiger partial charge in [-0.15, -0.1) is 0 Å². The van der Waals surface area contributed by atoms with Crippen molar-refractivity contribution < 1.29 is 9.90 Å². The van der Waals surface area contributed by atoms with E-state index in [9.17, 15) is 4.79 Å². The Morgan fingerprint density at radius 2 is 2.36 bits per heavy atom. The van der Waals surface area contributed by atoms with E-state index < -0.39 is 18.3 Å². The third-order valence-electron chi connectivity index (χ3n) is 1.05. The predicted molar refractivity (Wildman–Crippen MR) is 45.0 cm³/mol. The van der Waals surface area contributed by atoms with Gasteiger partial charge in [-0.25, -0.2) is 0 Å². The van der Waals surface area contributed by atoms with Crippen LogP contribution >= 0.6 is 12.2 Å². The van der Waals surface area contributed by atoms with E-state index in [4.69, 9.17) is 10.8 Å². The van der Waals surface area contributed by atoms with Crippen molar-refractivity contribution in [2.24, 2.45) is 5.73 Å². The van der Waals surface area contributed by atoms with Crippen LogP contribution in [0.1, 0.15) is 6.92 Å². The summed E-state index contributed by atoms with van der Waals surface area (Å²) in [5, 5.41) is 13.5. The molecule has 6 heteroatoms. The SMILES string of the molecule is CC(NC(N)NC=S)C(=O)O. The van der Waals surface area contributed by atoms with E-state index in [0.29, 0.717) is 0 Å². The molecule has 0 saturated carbocycles. The Bertz CT molecular complexity index is 153. The second-order valence-corrected chi connectivity index (χ2v) is 2.22. The van der Waals surface area contributed by atoms with Crippen LogP contribution in [0, 0.1) is 0 Å². The second-order valence-electron chi connectivity index (χ2n) is 1.99. The molecule has 64 valence electrons. The molecule has 0 aromatic rings. The Hall–Kier alpha value is -0.720.